The van der Waals surface area contributed by atoms with E-state index in [9.17, 15) is 18.8 Å². The van der Waals surface area contributed by atoms with E-state index in [0.29, 0.717) is 60.9 Å². The maximum atomic E-state index is 14.9. The van der Waals surface area contributed by atoms with Crippen LogP contribution in [0.15, 0.2) is 36.5 Å². The SMILES string of the molecule is COc1cc2c3cc1Nc1ncc(F)c(n1)Cc1ccc4c(c1)NC(=O)C(C)(O4)C(=O)NCCCN(C)CC(=O)N3CC2. The first-order valence-electron chi connectivity index (χ1n) is 14.0. The van der Waals surface area contributed by atoms with Gasteiger partial charge in [-0.2, -0.15) is 0 Å². The maximum absolute atomic E-state index is 14.9. The second kappa shape index (κ2) is 11.1. The second-order valence-corrected chi connectivity index (χ2v) is 11.0. The van der Waals surface area contributed by atoms with Crippen molar-refractivity contribution in [1.29, 1.82) is 0 Å². The van der Waals surface area contributed by atoms with Gasteiger partial charge in [-0.3, -0.25) is 19.3 Å². The predicted molar refractivity (Wildman–Crippen MR) is 156 cm³/mol. The van der Waals surface area contributed by atoms with Crippen LogP contribution in [0.3, 0.4) is 0 Å². The fraction of sp³-hybridized carbons (Fsp3) is 0.367. The number of hydrogen-bond acceptors (Lipinski definition) is 9. The van der Waals surface area contributed by atoms with E-state index >= 15 is 0 Å². The predicted octanol–water partition coefficient (Wildman–Crippen LogP) is 2.39. The van der Waals surface area contributed by atoms with Crippen LogP contribution in [0.4, 0.5) is 27.4 Å². The monoisotopic (exact) mass is 589 g/mol. The topological polar surface area (TPSA) is 138 Å². The summed E-state index contributed by atoms with van der Waals surface area (Å²) in [6.07, 6.45) is 2.43. The molecular weight excluding hydrogens is 557 g/mol. The van der Waals surface area contributed by atoms with Crippen molar-refractivity contribution in [1.82, 2.24) is 20.2 Å². The third-order valence-electron chi connectivity index (χ3n) is 7.91. The summed E-state index contributed by atoms with van der Waals surface area (Å²) in [7, 11) is 3.39. The van der Waals surface area contributed by atoms with Gasteiger partial charge < -0.3 is 30.3 Å². The molecule has 0 saturated carbocycles. The molecule has 0 fully saturated rings. The Morgan fingerprint density at radius 2 is 1.91 bits per heavy atom. The molecule has 3 amide bonds. The first-order valence-corrected chi connectivity index (χ1v) is 14.0. The highest BCUT2D eigenvalue weighted by atomic mass is 19.1. The number of hydrogen-bond donors (Lipinski definition) is 3. The molecule has 3 aromatic rings. The number of fused-ring (bicyclic) bond motifs is 2. The number of likely N-dealkylation sites (N-methyl/N-ethyl adjacent to an activating group) is 1. The lowest BCUT2D eigenvalue weighted by Gasteiger charge is -2.33. The summed E-state index contributed by atoms with van der Waals surface area (Å²) in [6, 6.07) is 8.74. The highest BCUT2D eigenvalue weighted by Crippen LogP contribution is 2.39. The average molecular weight is 590 g/mol. The van der Waals surface area contributed by atoms with Gasteiger partial charge in [-0.05, 0) is 62.2 Å². The number of methoxy groups -OCH3 is 1. The molecule has 1 aromatic heterocycles. The van der Waals surface area contributed by atoms with Gasteiger partial charge in [-0.1, -0.05) is 6.07 Å². The minimum atomic E-state index is -1.77. The molecule has 224 valence electrons. The van der Waals surface area contributed by atoms with E-state index in [1.807, 2.05) is 24.1 Å². The summed E-state index contributed by atoms with van der Waals surface area (Å²) in [5, 5.41) is 8.67. The van der Waals surface area contributed by atoms with Crippen LogP contribution in [0.5, 0.6) is 11.5 Å². The number of carbonyl (C=O) groups is 3. The molecular formula is C30H32FN7O5. The Morgan fingerprint density at radius 1 is 1.07 bits per heavy atom. The Hall–Kier alpha value is -4.78. The van der Waals surface area contributed by atoms with Crippen LogP contribution in [-0.4, -0.2) is 78.5 Å². The van der Waals surface area contributed by atoms with Crippen LogP contribution in [0.2, 0.25) is 0 Å². The molecule has 1 atom stereocenters. The maximum Gasteiger partial charge on any atom is 0.278 e. The number of nitrogens with one attached hydrogen (secondary N) is 3. The number of benzene rings is 2. The minimum Gasteiger partial charge on any atom is -0.495 e. The summed E-state index contributed by atoms with van der Waals surface area (Å²) < 4.78 is 26.4. The number of rotatable bonds is 1. The van der Waals surface area contributed by atoms with E-state index in [-0.39, 0.29) is 30.5 Å². The lowest BCUT2D eigenvalue weighted by molar-refractivity contribution is -0.146. The molecule has 1 unspecified atom stereocenters. The molecule has 3 N–H and O–H groups in total. The molecule has 5 aliphatic rings. The Balaban J connectivity index is 1.36. The van der Waals surface area contributed by atoms with Crippen molar-refractivity contribution in [2.24, 2.45) is 0 Å². The molecule has 0 aliphatic carbocycles. The van der Waals surface area contributed by atoms with Gasteiger partial charge in [0.25, 0.3) is 17.4 Å². The summed E-state index contributed by atoms with van der Waals surface area (Å²) >= 11 is 0. The number of anilines is 4. The Morgan fingerprint density at radius 3 is 2.72 bits per heavy atom. The van der Waals surface area contributed by atoms with Crippen LogP contribution in [0.25, 0.3) is 0 Å². The van der Waals surface area contributed by atoms with Gasteiger partial charge in [0, 0.05) is 31.7 Å². The zero-order valence-electron chi connectivity index (χ0n) is 24.1. The molecule has 13 heteroatoms. The molecule has 6 heterocycles. The standard InChI is InChI=1S/C30H32FN7O5/c1-30-27(40)32-8-4-9-37(2)16-26(39)38-10-7-18-13-25(42-3)22(14-23(18)38)36-29-33-15-19(31)20(35-29)11-17-5-6-24(43-30)21(12-17)34-28(30)41/h5-6,12-15H,4,7-11,16H2,1-3H3,(H,32,40)(H,34,41)(H,33,35,36). The number of amides is 3. The zero-order chi connectivity index (χ0) is 30.3. The van der Waals surface area contributed by atoms with Crippen molar-refractivity contribution >= 4 is 40.7 Å². The van der Waals surface area contributed by atoms with Gasteiger partial charge in [0.15, 0.2) is 5.82 Å². The average Bonchev–Trinajstić information content (AvgIpc) is 3.39. The van der Waals surface area contributed by atoms with Gasteiger partial charge in [0.1, 0.15) is 11.5 Å². The van der Waals surface area contributed by atoms with Crippen LogP contribution < -0.4 is 30.3 Å². The third-order valence-corrected chi connectivity index (χ3v) is 7.91. The molecule has 12 nitrogen and oxygen atoms in total. The van der Waals surface area contributed by atoms with Gasteiger partial charge in [0.05, 0.1) is 36.9 Å². The van der Waals surface area contributed by atoms with Gasteiger partial charge >= 0.3 is 0 Å². The highest BCUT2D eigenvalue weighted by Gasteiger charge is 2.47. The molecule has 8 bridgehead atoms. The van der Waals surface area contributed by atoms with E-state index < -0.39 is 23.2 Å². The minimum absolute atomic E-state index is 0.0692. The van der Waals surface area contributed by atoms with E-state index in [2.05, 4.69) is 25.9 Å². The lowest BCUT2D eigenvalue weighted by Crippen LogP contribution is -2.58. The largest absolute Gasteiger partial charge is 0.495 e. The van der Waals surface area contributed by atoms with E-state index in [1.165, 1.54) is 6.92 Å². The zero-order valence-corrected chi connectivity index (χ0v) is 24.1. The number of nitrogens with zero attached hydrogens (tertiary/aromatic N) is 4. The smallest absolute Gasteiger partial charge is 0.278 e. The summed E-state index contributed by atoms with van der Waals surface area (Å²) in [4.78, 5) is 51.5. The van der Waals surface area contributed by atoms with Gasteiger partial charge in [-0.15, -0.1) is 0 Å². The fourth-order valence-corrected chi connectivity index (χ4v) is 5.49. The van der Waals surface area contributed by atoms with Crippen LogP contribution >= 0.6 is 0 Å². The molecule has 0 saturated heterocycles. The molecule has 2 aromatic carbocycles. The number of halogens is 1. The second-order valence-electron chi connectivity index (χ2n) is 11.0. The van der Waals surface area contributed by atoms with Crippen molar-refractivity contribution in [3.63, 3.8) is 0 Å². The summed E-state index contributed by atoms with van der Waals surface area (Å²) in [6.45, 7) is 2.96. The van der Waals surface area contributed by atoms with E-state index in [1.54, 1.807) is 30.2 Å². The van der Waals surface area contributed by atoms with Crippen molar-refractivity contribution in [2.75, 3.05) is 55.9 Å². The summed E-state index contributed by atoms with van der Waals surface area (Å²) in [5.41, 5.74) is 1.67. The van der Waals surface area contributed by atoms with Crippen LogP contribution in [-0.2, 0) is 27.2 Å². The Labute approximate surface area is 247 Å². The Kier molecular flexibility index (Phi) is 7.34. The first-order chi connectivity index (χ1) is 20.6. The molecule has 0 spiro atoms. The van der Waals surface area contributed by atoms with Crippen LogP contribution in [0.1, 0.15) is 30.2 Å². The first kappa shape index (κ1) is 28.3. The number of aromatic nitrogens is 2. The van der Waals surface area contributed by atoms with Gasteiger partial charge in [0.2, 0.25) is 11.9 Å². The Bertz CT molecular complexity index is 1630. The molecule has 43 heavy (non-hydrogen) atoms. The quantitative estimate of drug-likeness (QED) is 0.365. The van der Waals surface area contributed by atoms with Gasteiger partial charge in [-0.25, -0.2) is 14.4 Å². The number of carbonyl (C=O) groups excluding carboxylic acids is 3. The third kappa shape index (κ3) is 5.43. The number of ether oxygens (including phenoxy) is 2. The fourth-order valence-electron chi connectivity index (χ4n) is 5.49. The van der Waals surface area contributed by atoms with Crippen molar-refractivity contribution in [3.05, 3.63) is 59.2 Å². The molecule has 5 aliphatic heterocycles. The van der Waals surface area contributed by atoms with Crippen molar-refractivity contribution in [3.8, 4) is 11.5 Å². The normalized spacial score (nSPS) is 20.7. The summed E-state index contributed by atoms with van der Waals surface area (Å²) in [5.74, 6) is -0.832. The van der Waals surface area contributed by atoms with E-state index in [0.717, 1.165) is 17.4 Å². The lowest BCUT2D eigenvalue weighted by atomic mass is 10.00. The highest BCUT2D eigenvalue weighted by molar-refractivity contribution is 6.15. The molecule has 0 radical (unpaired) electrons. The van der Waals surface area contributed by atoms with E-state index in [4.69, 9.17) is 9.47 Å². The van der Waals surface area contributed by atoms with Crippen molar-refractivity contribution in [2.45, 2.75) is 31.8 Å². The van der Waals surface area contributed by atoms with Crippen LogP contribution in [0, 0.1) is 5.82 Å². The van der Waals surface area contributed by atoms with Crippen molar-refractivity contribution < 1.29 is 28.2 Å². The molecule has 8 rings (SSSR count).